The molecule has 0 aliphatic rings. The van der Waals surface area contributed by atoms with Crippen LogP contribution in [0.15, 0.2) is 60.8 Å². The molecule has 61 heavy (non-hydrogen) atoms. The molecule has 0 aromatic rings. The molecule has 0 aromatic carbocycles. The van der Waals surface area contributed by atoms with Crippen LogP contribution < -0.4 is 5.32 Å². The van der Waals surface area contributed by atoms with E-state index in [1.165, 1.54) is 148 Å². The van der Waals surface area contributed by atoms with Crippen LogP contribution in [0.2, 0.25) is 0 Å². The first-order valence-electron chi connectivity index (χ1n) is 26.1. The van der Waals surface area contributed by atoms with Crippen molar-refractivity contribution in [3.8, 4) is 0 Å². The number of nitrogens with one attached hydrogen (secondary N) is 1. The third kappa shape index (κ3) is 44.0. The van der Waals surface area contributed by atoms with Crippen LogP contribution in [0, 0.1) is 0 Å². The molecule has 0 heterocycles. The van der Waals surface area contributed by atoms with E-state index in [0.717, 1.165) is 57.8 Å². The Balaban J connectivity index is 4.57. The second kappa shape index (κ2) is 48.6. The number of carbonyl (C=O) groups is 2. The molecule has 0 rings (SSSR count). The highest BCUT2D eigenvalue weighted by atomic mass is 16.5. The number of hydrogen-bond donors (Lipinski definition) is 3. The van der Waals surface area contributed by atoms with E-state index in [4.69, 9.17) is 4.74 Å². The maximum Gasteiger partial charge on any atom is 0.306 e. The maximum atomic E-state index is 13.2. The molecular formula is C55H99NO5. The van der Waals surface area contributed by atoms with Gasteiger partial charge in [-0.1, -0.05) is 236 Å². The molecule has 0 spiro atoms. The van der Waals surface area contributed by atoms with Crippen LogP contribution in [0.5, 0.6) is 0 Å². The Morgan fingerprint density at radius 3 is 1.41 bits per heavy atom. The lowest BCUT2D eigenvalue weighted by Gasteiger charge is -2.24. The lowest BCUT2D eigenvalue weighted by Crippen LogP contribution is -2.46. The van der Waals surface area contributed by atoms with Gasteiger partial charge in [0.15, 0.2) is 0 Å². The minimum atomic E-state index is -0.806. The topological polar surface area (TPSA) is 95.9 Å². The fraction of sp³-hybridized carbons (Fsp3) is 0.782. The van der Waals surface area contributed by atoms with Gasteiger partial charge in [-0.05, 0) is 64.2 Å². The minimum absolute atomic E-state index is 0.0295. The Morgan fingerprint density at radius 2 is 0.918 bits per heavy atom. The zero-order chi connectivity index (χ0) is 44.5. The summed E-state index contributed by atoms with van der Waals surface area (Å²) in [4.78, 5) is 26.1. The van der Waals surface area contributed by atoms with Gasteiger partial charge < -0.3 is 20.3 Å². The Kier molecular flexibility index (Phi) is 46.6. The van der Waals surface area contributed by atoms with Gasteiger partial charge in [-0.2, -0.15) is 0 Å². The third-order valence-electron chi connectivity index (χ3n) is 11.7. The summed E-state index contributed by atoms with van der Waals surface area (Å²) >= 11 is 0. The van der Waals surface area contributed by atoms with Gasteiger partial charge in [0.1, 0.15) is 6.10 Å². The van der Waals surface area contributed by atoms with E-state index in [2.05, 4.69) is 50.4 Å². The van der Waals surface area contributed by atoms with E-state index in [1.807, 2.05) is 36.5 Å². The first-order valence-corrected chi connectivity index (χ1v) is 26.1. The number of ether oxygens (including phenoxy) is 1. The van der Waals surface area contributed by atoms with Gasteiger partial charge in [0, 0.05) is 6.42 Å². The number of hydrogen-bond acceptors (Lipinski definition) is 5. The van der Waals surface area contributed by atoms with Crippen LogP contribution in [0.3, 0.4) is 0 Å². The predicted molar refractivity (Wildman–Crippen MR) is 264 cm³/mol. The first-order chi connectivity index (χ1) is 30.0. The van der Waals surface area contributed by atoms with Crippen molar-refractivity contribution >= 4 is 11.9 Å². The zero-order valence-electron chi connectivity index (χ0n) is 40.3. The minimum Gasteiger partial charge on any atom is -0.462 e. The van der Waals surface area contributed by atoms with Crippen LogP contribution in [0.1, 0.15) is 252 Å². The van der Waals surface area contributed by atoms with Crippen molar-refractivity contribution in [2.24, 2.45) is 0 Å². The van der Waals surface area contributed by atoms with E-state index in [9.17, 15) is 19.8 Å². The average molecular weight is 854 g/mol. The third-order valence-corrected chi connectivity index (χ3v) is 11.7. The van der Waals surface area contributed by atoms with Crippen molar-refractivity contribution in [3.63, 3.8) is 0 Å². The molecule has 0 bridgehead atoms. The fourth-order valence-electron chi connectivity index (χ4n) is 7.74. The molecule has 0 saturated heterocycles. The van der Waals surface area contributed by atoms with Crippen molar-refractivity contribution in [1.29, 1.82) is 0 Å². The molecule has 3 unspecified atom stereocenters. The number of carbonyl (C=O) groups excluding carboxylic acids is 2. The summed E-state index contributed by atoms with van der Waals surface area (Å²) in [6.07, 6.45) is 60.1. The second-order valence-electron chi connectivity index (χ2n) is 17.6. The van der Waals surface area contributed by atoms with Crippen molar-refractivity contribution in [3.05, 3.63) is 60.8 Å². The largest absolute Gasteiger partial charge is 0.462 e. The number of rotatable bonds is 46. The number of unbranched alkanes of at least 4 members (excludes halogenated alkanes) is 27. The molecular weight excluding hydrogens is 755 g/mol. The van der Waals surface area contributed by atoms with Crippen LogP contribution in [0.4, 0.5) is 0 Å². The molecule has 0 fully saturated rings. The average Bonchev–Trinajstić information content (AvgIpc) is 3.25. The first kappa shape index (κ1) is 58.6. The van der Waals surface area contributed by atoms with E-state index in [1.54, 1.807) is 0 Å². The van der Waals surface area contributed by atoms with Crippen LogP contribution in [0.25, 0.3) is 0 Å². The van der Waals surface area contributed by atoms with Gasteiger partial charge in [0.2, 0.25) is 5.91 Å². The molecule has 1 amide bonds. The fourth-order valence-corrected chi connectivity index (χ4v) is 7.74. The van der Waals surface area contributed by atoms with Crippen LogP contribution >= 0.6 is 0 Å². The lowest BCUT2D eigenvalue weighted by molar-refractivity contribution is -0.151. The van der Waals surface area contributed by atoms with Gasteiger partial charge in [-0.25, -0.2) is 0 Å². The summed E-state index contributed by atoms with van der Waals surface area (Å²) in [5, 5.41) is 23.7. The van der Waals surface area contributed by atoms with Gasteiger partial charge in [-0.15, -0.1) is 0 Å². The van der Waals surface area contributed by atoms with E-state index in [0.29, 0.717) is 19.3 Å². The van der Waals surface area contributed by atoms with Gasteiger partial charge in [0.25, 0.3) is 0 Å². The normalized spacial score (nSPS) is 13.7. The quantitative estimate of drug-likeness (QED) is 0.0245. The molecule has 354 valence electrons. The Morgan fingerprint density at radius 1 is 0.492 bits per heavy atom. The molecule has 0 saturated carbocycles. The predicted octanol–water partition coefficient (Wildman–Crippen LogP) is 15.6. The summed E-state index contributed by atoms with van der Waals surface area (Å²) in [7, 11) is 0. The summed E-state index contributed by atoms with van der Waals surface area (Å²) in [5.41, 5.74) is 0. The molecule has 3 N–H and O–H groups in total. The number of aliphatic hydroxyl groups excluding tert-OH is 2. The second-order valence-corrected chi connectivity index (χ2v) is 17.6. The van der Waals surface area contributed by atoms with Gasteiger partial charge in [-0.3, -0.25) is 9.59 Å². The Labute approximate surface area is 378 Å². The molecule has 0 aromatic heterocycles. The molecule has 0 aliphatic heterocycles. The van der Waals surface area contributed by atoms with Gasteiger partial charge in [0.05, 0.1) is 25.2 Å². The highest BCUT2D eigenvalue weighted by Crippen LogP contribution is 2.17. The Hall–Kier alpha value is -2.44. The van der Waals surface area contributed by atoms with Crippen molar-refractivity contribution in [1.82, 2.24) is 5.32 Å². The zero-order valence-corrected chi connectivity index (χ0v) is 40.3. The monoisotopic (exact) mass is 854 g/mol. The summed E-state index contributed by atoms with van der Waals surface area (Å²) in [6, 6.07) is -0.724. The number of aliphatic hydroxyl groups is 2. The van der Waals surface area contributed by atoms with Crippen molar-refractivity contribution in [2.45, 2.75) is 270 Å². The maximum absolute atomic E-state index is 13.2. The number of amides is 1. The summed E-state index contributed by atoms with van der Waals surface area (Å²) < 4.78 is 5.89. The molecule has 3 atom stereocenters. The SMILES string of the molecule is CC/C=C/C=C/C=C\C=C/CCCC(CC(=O)NC(CO)C(O)CCCCCCCCCCCCCCCC)OC(=O)CCCCCCCCC/C=C/CCCCCCCC. The van der Waals surface area contributed by atoms with Crippen LogP contribution in [-0.4, -0.2) is 46.9 Å². The molecule has 0 aliphatic carbocycles. The van der Waals surface area contributed by atoms with Gasteiger partial charge >= 0.3 is 5.97 Å². The van der Waals surface area contributed by atoms with E-state index in [-0.39, 0.29) is 24.9 Å². The number of allylic oxidation sites excluding steroid dienone is 10. The molecule has 6 nitrogen and oxygen atoms in total. The highest BCUT2D eigenvalue weighted by Gasteiger charge is 2.24. The van der Waals surface area contributed by atoms with Crippen molar-refractivity contribution in [2.75, 3.05) is 6.61 Å². The smallest absolute Gasteiger partial charge is 0.306 e. The number of esters is 1. The summed E-state index contributed by atoms with van der Waals surface area (Å²) in [5.74, 6) is -0.544. The standard InChI is InChI=1S/C55H99NO5/c1-4-7-10-13-16-19-22-24-26-27-28-30-33-36-39-42-45-48-55(60)61-51(46-43-40-37-34-31-21-18-15-12-9-6-3)49-54(59)56-52(50-57)53(58)47-44-41-38-35-32-29-25-23-20-17-14-11-8-5-2/h9,12,15,18,21,24,26,31,34,37,51-53,57-58H,4-8,10-11,13-14,16-17,19-20,22-23,25,27-30,32-33,35-36,38-50H2,1-3H3,(H,56,59)/b12-9+,18-15+,26-24+,31-21-,37-34-. The lowest BCUT2D eigenvalue weighted by atomic mass is 10.0. The van der Waals surface area contributed by atoms with E-state index < -0.39 is 18.2 Å². The van der Waals surface area contributed by atoms with Crippen LogP contribution in [-0.2, 0) is 14.3 Å². The highest BCUT2D eigenvalue weighted by molar-refractivity contribution is 5.77. The molecule has 6 heteroatoms. The van der Waals surface area contributed by atoms with Crippen molar-refractivity contribution < 1.29 is 24.5 Å². The Bertz CT molecular complexity index is 1090. The summed E-state index contributed by atoms with van der Waals surface area (Å²) in [6.45, 7) is 6.32. The van der Waals surface area contributed by atoms with E-state index >= 15 is 0 Å². The molecule has 0 radical (unpaired) electrons.